The van der Waals surface area contributed by atoms with Crippen molar-refractivity contribution in [2.45, 2.75) is 70.4 Å². The number of unbranched alkanes of at least 4 members (excludes halogenated alkanes) is 2. The lowest BCUT2D eigenvalue weighted by atomic mass is 10.1. The third-order valence-corrected chi connectivity index (χ3v) is 15.0. The van der Waals surface area contributed by atoms with E-state index in [2.05, 4.69) is 45.2 Å². The van der Waals surface area contributed by atoms with Crippen LogP contribution in [0.1, 0.15) is 57.2 Å². The highest BCUT2D eigenvalue weighted by Crippen LogP contribution is 2.66. The quantitative estimate of drug-likeness (QED) is 0.0131. The standard InChI is InChI=1S/C39H48N7O18P3S/c1-2-45(29-11-10-27-20-30(39(49)62-32(27)21-29)26-12-17-44(18-13-26)15-7-19-68(57,58)59)16-5-3-4-9-34(48)41-14-6-8-28-23-46(38-36(28)37(40)42-25-43-38)35-22-31(47)33(61-35)24-60-66(53,54)64-67(55,56)63-65(50,51)52/h10-13,17-18,20-21,23,25,31,33,35,47H,2-5,7,9,14-16,19,22,24H2,1H3,(H7-,40,41,42,43,48,50,51,52,53,54,55,56,57,58,59)/t31-,33+,35+/m0/s1. The predicted octanol–water partition coefficient (Wildman–Crippen LogP) is 2.56. The average molecular weight is 1030 g/mol. The summed E-state index contributed by atoms with van der Waals surface area (Å²) < 4.78 is 94.1. The van der Waals surface area contributed by atoms with Crippen LogP contribution in [0.5, 0.6) is 0 Å². The van der Waals surface area contributed by atoms with E-state index in [1.807, 2.05) is 25.1 Å². The van der Waals surface area contributed by atoms with Gasteiger partial charge in [0, 0.05) is 79.1 Å². The molecule has 1 saturated heterocycles. The van der Waals surface area contributed by atoms with Gasteiger partial charge < -0.3 is 58.9 Å². The zero-order valence-electron chi connectivity index (χ0n) is 36.1. The van der Waals surface area contributed by atoms with Crippen LogP contribution < -0.4 is 26.1 Å². The fourth-order valence-corrected chi connectivity index (χ4v) is 10.8. The molecule has 0 aliphatic carbocycles. The summed E-state index contributed by atoms with van der Waals surface area (Å²) in [6.07, 6.45) is 5.03. The van der Waals surface area contributed by atoms with Crippen LogP contribution in [0.3, 0.4) is 0 Å². The second-order valence-electron chi connectivity index (χ2n) is 15.3. The fraction of sp³-hybridized carbons (Fsp3) is 0.410. The molecular weight excluding hydrogens is 979 g/mol. The molecule has 68 heavy (non-hydrogen) atoms. The molecule has 8 N–H and O–H groups in total. The summed E-state index contributed by atoms with van der Waals surface area (Å²) in [5.74, 6) is 5.21. The number of hydrogen-bond donors (Lipinski definition) is 7. The molecule has 5 heterocycles. The summed E-state index contributed by atoms with van der Waals surface area (Å²) in [7, 11) is -21.1. The number of hydrogen-bond acceptors (Lipinski definition) is 18. The molecule has 0 radical (unpaired) electrons. The minimum Gasteiger partial charge on any atom is -0.748 e. The van der Waals surface area contributed by atoms with Gasteiger partial charge in [-0.05, 0) is 38.0 Å². The number of amides is 1. The Hall–Kier alpha value is -4.93. The van der Waals surface area contributed by atoms with Crippen molar-refractivity contribution >= 4 is 73.0 Å². The van der Waals surface area contributed by atoms with Crippen LogP contribution in [-0.2, 0) is 53.0 Å². The molecule has 1 fully saturated rings. The van der Waals surface area contributed by atoms with Crippen LogP contribution in [0.15, 0.2) is 70.5 Å². The van der Waals surface area contributed by atoms with Crippen LogP contribution in [0.4, 0.5) is 11.5 Å². The molecule has 0 saturated carbocycles. The van der Waals surface area contributed by atoms with Crippen molar-refractivity contribution in [1.29, 1.82) is 0 Å². The van der Waals surface area contributed by atoms with E-state index in [4.69, 9.17) is 24.7 Å². The van der Waals surface area contributed by atoms with E-state index in [0.717, 1.165) is 23.9 Å². The third-order valence-electron chi connectivity index (χ3n) is 10.4. The first-order chi connectivity index (χ1) is 32.0. The van der Waals surface area contributed by atoms with Crippen LogP contribution in [0, 0.1) is 11.8 Å². The van der Waals surface area contributed by atoms with Crippen molar-refractivity contribution in [1.82, 2.24) is 19.9 Å². The largest absolute Gasteiger partial charge is 0.748 e. The first-order valence-electron chi connectivity index (χ1n) is 20.7. The van der Waals surface area contributed by atoms with Crippen molar-refractivity contribution in [2.75, 3.05) is 42.6 Å². The molecule has 5 atom stereocenters. The first kappa shape index (κ1) is 52.4. The van der Waals surface area contributed by atoms with Gasteiger partial charge in [0.1, 0.15) is 42.3 Å². The van der Waals surface area contributed by atoms with Crippen molar-refractivity contribution in [3.63, 3.8) is 0 Å². The molecule has 1 aliphatic rings. The number of phosphoric ester groups is 1. The van der Waals surface area contributed by atoms with Crippen molar-refractivity contribution < 1.29 is 83.0 Å². The number of benzene rings is 1. The molecule has 368 valence electrons. The number of aromatic nitrogens is 4. The summed E-state index contributed by atoms with van der Waals surface area (Å²) >= 11 is 0. The molecule has 29 heteroatoms. The number of anilines is 2. The van der Waals surface area contributed by atoms with Crippen molar-refractivity contribution in [3.05, 3.63) is 77.3 Å². The zero-order valence-corrected chi connectivity index (χ0v) is 39.6. The maximum atomic E-state index is 13.0. The normalized spacial score (nSPS) is 18.2. The summed E-state index contributed by atoms with van der Waals surface area (Å²) in [4.78, 5) is 72.7. The van der Waals surface area contributed by atoms with Gasteiger partial charge in [-0.1, -0.05) is 18.3 Å². The number of aryl methyl sites for hydroxylation is 1. The highest BCUT2D eigenvalue weighted by molar-refractivity contribution is 7.85. The Balaban J connectivity index is 0.962. The number of aliphatic hydroxyl groups excluding tert-OH is 1. The fourth-order valence-electron chi connectivity index (χ4n) is 7.24. The van der Waals surface area contributed by atoms with Crippen LogP contribution in [0.25, 0.3) is 33.1 Å². The smallest absolute Gasteiger partial charge is 0.490 e. The molecule has 0 bridgehead atoms. The number of ether oxygens (including phenoxy) is 1. The Bertz CT molecular complexity index is 3010. The number of rotatable bonds is 22. The van der Waals surface area contributed by atoms with Gasteiger partial charge in [-0.3, -0.25) is 9.32 Å². The van der Waals surface area contributed by atoms with Crippen molar-refractivity contribution in [2.24, 2.45) is 0 Å². The Morgan fingerprint density at radius 1 is 1.06 bits per heavy atom. The SMILES string of the molecule is CCN(CCCCCC(=O)NCC#Cc1cn([C@H]2C[C@H](O)[C@@H](COP(=O)(O)OP(=O)(O)OP(=O)(O)O)O2)c2ncnc(N)c12)c1ccc2cc(-c3cc[n+](CCCS(=O)(=O)[O-])cc3)c(=O)oc2c1. The van der Waals surface area contributed by atoms with Gasteiger partial charge in [0.2, 0.25) is 5.91 Å². The molecule has 0 spiro atoms. The maximum absolute atomic E-state index is 13.0. The molecule has 1 aromatic carbocycles. The van der Waals surface area contributed by atoms with Crippen molar-refractivity contribution in [3.8, 4) is 23.0 Å². The van der Waals surface area contributed by atoms with Crippen LogP contribution >= 0.6 is 23.5 Å². The number of pyridine rings is 1. The number of fused-ring (bicyclic) bond motifs is 2. The van der Waals surface area contributed by atoms with E-state index in [-0.39, 0.29) is 43.2 Å². The molecule has 4 aromatic heterocycles. The van der Waals surface area contributed by atoms with E-state index in [1.54, 1.807) is 35.2 Å². The van der Waals surface area contributed by atoms with Crippen LogP contribution in [-0.4, -0.2) is 102 Å². The second-order valence-corrected chi connectivity index (χ2v) is 21.2. The third kappa shape index (κ3) is 14.8. The number of nitrogen functional groups attached to an aromatic ring is 1. The van der Waals surface area contributed by atoms with Gasteiger partial charge >= 0.3 is 29.1 Å². The number of nitrogens with one attached hydrogen (secondary N) is 1. The number of nitrogens with zero attached hydrogens (tertiary/aromatic N) is 5. The average Bonchev–Trinajstić information content (AvgIpc) is 3.81. The molecule has 1 aliphatic heterocycles. The summed E-state index contributed by atoms with van der Waals surface area (Å²) in [6.45, 7) is 2.84. The highest BCUT2D eigenvalue weighted by Gasteiger charge is 2.43. The van der Waals surface area contributed by atoms with Gasteiger partial charge in [0.15, 0.2) is 12.4 Å². The van der Waals surface area contributed by atoms with Gasteiger partial charge in [0.25, 0.3) is 0 Å². The first-order valence-corrected chi connectivity index (χ1v) is 26.8. The Kier molecular flexibility index (Phi) is 17.1. The number of carbonyl (C=O) groups is 1. The molecular formula is C39H48N7O18P3S. The Labute approximate surface area is 388 Å². The van der Waals surface area contributed by atoms with E-state index in [0.29, 0.717) is 53.7 Å². The minimum atomic E-state index is -5.75. The van der Waals surface area contributed by atoms with E-state index in [1.165, 1.54) is 17.1 Å². The maximum Gasteiger partial charge on any atom is 0.490 e. The number of aliphatic hydroxyl groups is 1. The zero-order chi connectivity index (χ0) is 49.4. The minimum absolute atomic E-state index is 0.00476. The lowest BCUT2D eigenvalue weighted by Gasteiger charge is -2.23. The summed E-state index contributed by atoms with van der Waals surface area (Å²) in [6, 6.07) is 10.8. The van der Waals surface area contributed by atoms with Gasteiger partial charge in [-0.25, -0.2) is 41.4 Å². The highest BCUT2D eigenvalue weighted by atomic mass is 32.2. The van der Waals surface area contributed by atoms with Gasteiger partial charge in [-0.2, -0.15) is 8.62 Å². The predicted molar refractivity (Wildman–Crippen MR) is 240 cm³/mol. The van der Waals surface area contributed by atoms with Crippen LogP contribution in [0.2, 0.25) is 0 Å². The monoisotopic (exact) mass is 1030 g/mol. The molecule has 5 aromatic rings. The summed E-state index contributed by atoms with van der Waals surface area (Å²) in [5, 5.41) is 14.5. The Morgan fingerprint density at radius 2 is 1.81 bits per heavy atom. The molecule has 2 unspecified atom stereocenters. The number of nitrogens with two attached hydrogens (primary N) is 1. The summed E-state index contributed by atoms with van der Waals surface area (Å²) in [5.41, 5.74) is 8.54. The number of carbonyl (C=O) groups excluding carboxylic acids is 1. The second kappa shape index (κ2) is 22.2. The van der Waals surface area contributed by atoms with Gasteiger partial charge in [-0.15, -0.1) is 0 Å². The molecule has 1 amide bonds. The van der Waals surface area contributed by atoms with Gasteiger partial charge in [0.05, 0.1) is 45.9 Å². The lowest BCUT2D eigenvalue weighted by molar-refractivity contribution is -0.696. The number of phosphoric acid groups is 3. The molecule has 25 nitrogen and oxygen atoms in total. The Morgan fingerprint density at radius 3 is 2.51 bits per heavy atom. The topological polar surface area (TPSA) is 370 Å². The van der Waals surface area contributed by atoms with E-state index < -0.39 is 70.0 Å². The van der Waals surface area contributed by atoms with E-state index >= 15 is 0 Å². The van der Waals surface area contributed by atoms with E-state index in [9.17, 15) is 51.1 Å². The lowest BCUT2D eigenvalue weighted by Crippen LogP contribution is -2.33. The molecule has 6 rings (SSSR count).